The van der Waals surface area contributed by atoms with E-state index in [0.29, 0.717) is 0 Å². The zero-order valence-electron chi connectivity index (χ0n) is 15.4. The second kappa shape index (κ2) is 6.16. The van der Waals surface area contributed by atoms with Crippen LogP contribution in [0.3, 0.4) is 0 Å². The molecule has 0 saturated heterocycles. The number of amides is 1. The smallest absolute Gasteiger partial charge is 0.231 e. The third-order valence-electron chi connectivity index (χ3n) is 5.24. The van der Waals surface area contributed by atoms with Gasteiger partial charge >= 0.3 is 0 Å². The summed E-state index contributed by atoms with van der Waals surface area (Å²) in [6, 6.07) is 10.9. The van der Waals surface area contributed by atoms with Gasteiger partial charge in [0.1, 0.15) is 5.82 Å². The van der Waals surface area contributed by atoms with Crippen LogP contribution < -0.4 is 5.73 Å². The van der Waals surface area contributed by atoms with E-state index in [4.69, 9.17) is 5.73 Å². The molecule has 4 nitrogen and oxygen atoms in total. The molecule has 0 saturated carbocycles. The van der Waals surface area contributed by atoms with Crippen LogP contribution in [0.15, 0.2) is 46.8 Å². The number of rotatable bonds is 2. The highest BCUT2D eigenvalue weighted by Gasteiger charge is 2.36. The van der Waals surface area contributed by atoms with E-state index in [2.05, 4.69) is 11.1 Å². The van der Waals surface area contributed by atoms with Crippen LogP contribution in [0.4, 0.5) is 4.39 Å². The lowest BCUT2D eigenvalue weighted by Gasteiger charge is -2.34. The van der Waals surface area contributed by atoms with E-state index in [-0.39, 0.29) is 24.1 Å². The number of aliphatic imine (C=N–C) groups is 1. The first kappa shape index (κ1) is 17.7. The molecule has 6 heteroatoms. The Labute approximate surface area is 161 Å². The summed E-state index contributed by atoms with van der Waals surface area (Å²) in [5.41, 5.74) is 8.93. The van der Waals surface area contributed by atoms with Gasteiger partial charge in [0.2, 0.25) is 5.91 Å². The van der Waals surface area contributed by atoms with Crippen LogP contribution in [0.1, 0.15) is 24.5 Å². The van der Waals surface area contributed by atoms with Crippen LogP contribution >= 0.6 is 11.3 Å². The molecule has 1 aliphatic rings. The molecular formula is C21H20FN3OS. The molecule has 2 N–H and O–H groups in total. The second-order valence-electron chi connectivity index (χ2n) is 7.20. The molecule has 0 radical (unpaired) electrons. The number of hydrogen-bond donors (Lipinski definition) is 1. The van der Waals surface area contributed by atoms with Gasteiger partial charge in [-0.05, 0) is 71.6 Å². The molecule has 0 unspecified atom stereocenters. The molecule has 0 aliphatic carbocycles. The lowest BCUT2D eigenvalue weighted by atomic mass is 9.85. The standard InChI is InChI=1S/C21H20FN3OS/c1-12-4-5-15(22)10-16(12)17-9-14(8-13-6-7-27-19(13)17)21(2)11-18(26)25(3)20(23)24-21/h4-10H,11H2,1-3H3,(H2,23,24)/t21-/m0/s1. The molecule has 1 aliphatic heterocycles. The van der Waals surface area contributed by atoms with Crippen LogP contribution in [-0.4, -0.2) is 23.8 Å². The van der Waals surface area contributed by atoms with E-state index in [1.807, 2.05) is 31.4 Å². The maximum absolute atomic E-state index is 13.9. The number of carbonyl (C=O) groups is 1. The second-order valence-corrected chi connectivity index (χ2v) is 8.11. The number of benzene rings is 2. The Balaban J connectivity index is 1.97. The van der Waals surface area contributed by atoms with Gasteiger partial charge in [-0.2, -0.15) is 0 Å². The number of carbonyl (C=O) groups excluding carboxylic acids is 1. The van der Waals surface area contributed by atoms with Crippen molar-refractivity contribution in [3.8, 4) is 11.1 Å². The summed E-state index contributed by atoms with van der Waals surface area (Å²) in [5, 5.41) is 3.07. The van der Waals surface area contributed by atoms with Gasteiger partial charge in [0.05, 0.1) is 12.0 Å². The van der Waals surface area contributed by atoms with E-state index in [9.17, 15) is 9.18 Å². The van der Waals surface area contributed by atoms with Crippen LogP contribution in [0.2, 0.25) is 0 Å². The van der Waals surface area contributed by atoms with Gasteiger partial charge in [-0.1, -0.05) is 6.07 Å². The van der Waals surface area contributed by atoms with E-state index in [1.165, 1.54) is 11.0 Å². The fraction of sp³-hybridized carbons (Fsp3) is 0.238. The van der Waals surface area contributed by atoms with Crippen molar-refractivity contribution >= 4 is 33.3 Å². The highest BCUT2D eigenvalue weighted by molar-refractivity contribution is 7.17. The minimum Gasteiger partial charge on any atom is -0.369 e. The Morgan fingerprint density at radius 3 is 2.74 bits per heavy atom. The minimum atomic E-state index is -0.750. The van der Waals surface area contributed by atoms with Crippen molar-refractivity contribution in [3.63, 3.8) is 0 Å². The van der Waals surface area contributed by atoms with Gasteiger partial charge in [-0.25, -0.2) is 9.38 Å². The van der Waals surface area contributed by atoms with E-state index >= 15 is 0 Å². The lowest BCUT2D eigenvalue weighted by molar-refractivity contribution is -0.128. The topological polar surface area (TPSA) is 58.7 Å². The first-order chi connectivity index (χ1) is 12.8. The SMILES string of the molecule is Cc1ccc(F)cc1-c1cc([C@]2(C)CC(=O)N(C)C(N)=N2)cc2ccsc12. The predicted octanol–water partition coefficient (Wildman–Crippen LogP) is 4.41. The van der Waals surface area contributed by atoms with Gasteiger partial charge in [0.25, 0.3) is 0 Å². The number of hydrogen-bond acceptors (Lipinski definition) is 4. The van der Waals surface area contributed by atoms with Crippen molar-refractivity contribution in [1.29, 1.82) is 0 Å². The number of halogens is 1. The largest absolute Gasteiger partial charge is 0.369 e. The molecule has 3 aromatic rings. The van der Waals surface area contributed by atoms with Crippen LogP contribution in [-0.2, 0) is 10.3 Å². The van der Waals surface area contributed by atoms with Gasteiger partial charge in [0.15, 0.2) is 5.96 Å². The van der Waals surface area contributed by atoms with Gasteiger partial charge < -0.3 is 5.73 Å². The Hall–Kier alpha value is -2.73. The summed E-state index contributed by atoms with van der Waals surface area (Å²) in [5.74, 6) is -0.129. The predicted molar refractivity (Wildman–Crippen MR) is 108 cm³/mol. The molecule has 0 bridgehead atoms. The van der Waals surface area contributed by atoms with Gasteiger partial charge in [-0.15, -0.1) is 11.3 Å². The van der Waals surface area contributed by atoms with E-state index in [0.717, 1.165) is 32.3 Å². The van der Waals surface area contributed by atoms with Gasteiger partial charge in [0, 0.05) is 17.3 Å². The Morgan fingerprint density at radius 2 is 2.00 bits per heavy atom. The van der Waals surface area contributed by atoms with Crippen molar-refractivity contribution in [2.75, 3.05) is 7.05 Å². The van der Waals surface area contributed by atoms with Crippen molar-refractivity contribution in [1.82, 2.24) is 4.90 Å². The van der Waals surface area contributed by atoms with Crippen molar-refractivity contribution in [2.45, 2.75) is 25.8 Å². The molecule has 2 heterocycles. The number of nitrogens with zero attached hydrogens (tertiary/aromatic N) is 2. The minimum absolute atomic E-state index is 0.0705. The number of fused-ring (bicyclic) bond motifs is 1. The Morgan fingerprint density at radius 1 is 1.22 bits per heavy atom. The summed E-state index contributed by atoms with van der Waals surface area (Å²) in [6.45, 7) is 3.89. The maximum atomic E-state index is 13.9. The summed E-state index contributed by atoms with van der Waals surface area (Å²) in [6.07, 6.45) is 0.238. The molecule has 2 aromatic carbocycles. The lowest BCUT2D eigenvalue weighted by Crippen LogP contribution is -2.47. The highest BCUT2D eigenvalue weighted by Crippen LogP contribution is 2.41. The molecule has 1 amide bonds. The zero-order valence-corrected chi connectivity index (χ0v) is 16.2. The first-order valence-electron chi connectivity index (χ1n) is 8.69. The summed E-state index contributed by atoms with van der Waals surface area (Å²) in [4.78, 5) is 18.4. The van der Waals surface area contributed by atoms with Crippen LogP contribution in [0, 0.1) is 12.7 Å². The summed E-state index contributed by atoms with van der Waals surface area (Å²) >= 11 is 1.62. The zero-order chi connectivity index (χ0) is 19.3. The molecule has 0 spiro atoms. The first-order valence-corrected chi connectivity index (χ1v) is 9.56. The van der Waals surface area contributed by atoms with Crippen molar-refractivity contribution < 1.29 is 9.18 Å². The number of aryl methyl sites for hydroxylation is 1. The molecule has 0 fully saturated rings. The third-order valence-corrected chi connectivity index (χ3v) is 6.20. The normalized spacial score (nSPS) is 20.2. The molecule has 1 aromatic heterocycles. The van der Waals surface area contributed by atoms with Crippen molar-refractivity contribution in [2.24, 2.45) is 10.7 Å². The van der Waals surface area contributed by atoms with Gasteiger partial charge in [-0.3, -0.25) is 9.69 Å². The fourth-order valence-electron chi connectivity index (χ4n) is 3.55. The monoisotopic (exact) mass is 381 g/mol. The average Bonchev–Trinajstić information content (AvgIpc) is 3.09. The number of guanidine groups is 1. The summed E-state index contributed by atoms with van der Waals surface area (Å²) in [7, 11) is 1.63. The molecule has 27 heavy (non-hydrogen) atoms. The quantitative estimate of drug-likeness (QED) is 0.715. The molecule has 138 valence electrons. The van der Waals surface area contributed by atoms with Crippen LogP contribution in [0.25, 0.3) is 21.2 Å². The summed E-state index contributed by atoms with van der Waals surface area (Å²) < 4.78 is 15.0. The van der Waals surface area contributed by atoms with E-state index < -0.39 is 5.54 Å². The maximum Gasteiger partial charge on any atom is 0.231 e. The van der Waals surface area contributed by atoms with E-state index in [1.54, 1.807) is 30.5 Å². The molecular weight excluding hydrogens is 361 g/mol. The highest BCUT2D eigenvalue weighted by atomic mass is 32.1. The molecule has 4 rings (SSSR count). The Kier molecular flexibility index (Phi) is 4.03. The number of nitrogens with two attached hydrogens (primary N) is 1. The van der Waals surface area contributed by atoms with Crippen molar-refractivity contribution in [3.05, 3.63) is 58.7 Å². The Bertz CT molecular complexity index is 1100. The molecule has 1 atom stereocenters. The average molecular weight is 381 g/mol. The number of thiophene rings is 1. The fourth-order valence-corrected chi connectivity index (χ4v) is 4.46. The third kappa shape index (κ3) is 2.90. The van der Waals surface area contributed by atoms with Crippen LogP contribution in [0.5, 0.6) is 0 Å².